The molecule has 106 valence electrons. The van der Waals surface area contributed by atoms with E-state index >= 15 is 0 Å². The van der Waals surface area contributed by atoms with Crippen molar-refractivity contribution in [3.8, 4) is 5.75 Å². The normalized spacial score (nSPS) is 13.6. The van der Waals surface area contributed by atoms with E-state index in [0.29, 0.717) is 5.75 Å². The lowest BCUT2D eigenvalue weighted by atomic mass is 10.2. The zero-order chi connectivity index (χ0) is 14.3. The zero-order valence-electron chi connectivity index (χ0n) is 10.7. The van der Waals surface area contributed by atoms with Gasteiger partial charge in [0.05, 0.1) is 4.90 Å². The maximum absolute atomic E-state index is 10.8. The molecule has 0 aliphatic heterocycles. The van der Waals surface area contributed by atoms with Crippen LogP contribution >= 0.6 is 0 Å². The van der Waals surface area contributed by atoms with E-state index in [2.05, 4.69) is 0 Å². The molecule has 0 amide bonds. The third-order valence-electron chi connectivity index (χ3n) is 2.36. The van der Waals surface area contributed by atoms with Crippen molar-refractivity contribution >= 4 is 10.1 Å². The van der Waals surface area contributed by atoms with Crippen LogP contribution in [-0.4, -0.2) is 30.8 Å². The largest absolute Gasteiger partial charge is 0.491 e. The maximum Gasteiger partial charge on any atom is 0.294 e. The van der Waals surface area contributed by atoms with E-state index in [4.69, 9.17) is 9.29 Å². The first kappa shape index (κ1) is 15.7. The molecule has 1 atom stereocenters. The lowest BCUT2D eigenvalue weighted by Crippen LogP contribution is -2.14. The van der Waals surface area contributed by atoms with Crippen molar-refractivity contribution in [1.82, 2.24) is 0 Å². The summed E-state index contributed by atoms with van der Waals surface area (Å²) in [5.41, 5.74) is 0. The van der Waals surface area contributed by atoms with Gasteiger partial charge in [-0.1, -0.05) is 25.5 Å². The van der Waals surface area contributed by atoms with Gasteiger partial charge in [0, 0.05) is 0 Å². The standard InChI is InChI=1S/C13H18O5S/c1-2-3-4-5-11(14)10-18-12-6-8-13(9-7-12)19(15,16)17/h4-9,11,14H,2-3,10H2,1H3,(H,15,16,17). The Bertz CT molecular complexity index is 504. The van der Waals surface area contributed by atoms with Gasteiger partial charge in [-0.3, -0.25) is 4.55 Å². The van der Waals surface area contributed by atoms with E-state index in [1.54, 1.807) is 6.08 Å². The topological polar surface area (TPSA) is 83.8 Å². The Morgan fingerprint density at radius 2 is 1.95 bits per heavy atom. The Labute approximate surface area is 113 Å². The van der Waals surface area contributed by atoms with E-state index in [1.165, 1.54) is 24.3 Å². The molecule has 0 heterocycles. The average Bonchev–Trinajstić information content (AvgIpc) is 2.36. The van der Waals surface area contributed by atoms with Crippen molar-refractivity contribution < 1.29 is 22.8 Å². The molecule has 5 nitrogen and oxygen atoms in total. The first-order valence-corrected chi connectivity index (χ1v) is 7.42. The summed E-state index contributed by atoms with van der Waals surface area (Å²) in [6.07, 6.45) is 4.76. The van der Waals surface area contributed by atoms with E-state index in [0.717, 1.165) is 12.8 Å². The summed E-state index contributed by atoms with van der Waals surface area (Å²) < 4.78 is 35.7. The van der Waals surface area contributed by atoms with Crippen LogP contribution in [0, 0.1) is 0 Å². The predicted molar refractivity (Wildman–Crippen MR) is 71.8 cm³/mol. The molecule has 2 N–H and O–H groups in total. The van der Waals surface area contributed by atoms with Crippen LogP contribution in [0.5, 0.6) is 5.75 Å². The van der Waals surface area contributed by atoms with Crippen LogP contribution in [0.4, 0.5) is 0 Å². The number of benzene rings is 1. The van der Waals surface area contributed by atoms with E-state index in [1.807, 2.05) is 13.0 Å². The molecule has 0 saturated heterocycles. The predicted octanol–water partition coefficient (Wildman–Crippen LogP) is 2.03. The fraction of sp³-hybridized carbons (Fsp3) is 0.385. The van der Waals surface area contributed by atoms with Crippen molar-refractivity contribution in [1.29, 1.82) is 0 Å². The van der Waals surface area contributed by atoms with Gasteiger partial charge in [-0.05, 0) is 30.7 Å². The van der Waals surface area contributed by atoms with Crippen LogP contribution in [-0.2, 0) is 10.1 Å². The summed E-state index contributed by atoms with van der Waals surface area (Å²) in [7, 11) is -4.18. The number of aliphatic hydroxyl groups excluding tert-OH is 1. The molecule has 6 heteroatoms. The summed E-state index contributed by atoms with van der Waals surface area (Å²) in [5, 5.41) is 9.57. The first-order valence-electron chi connectivity index (χ1n) is 5.98. The number of allylic oxidation sites excluding steroid dienone is 1. The Hall–Kier alpha value is -1.37. The maximum atomic E-state index is 10.8. The van der Waals surface area contributed by atoms with Crippen molar-refractivity contribution in [2.24, 2.45) is 0 Å². The van der Waals surface area contributed by atoms with Gasteiger partial charge in [0.1, 0.15) is 18.5 Å². The second-order valence-corrected chi connectivity index (χ2v) is 5.46. The van der Waals surface area contributed by atoms with Crippen LogP contribution < -0.4 is 4.74 Å². The van der Waals surface area contributed by atoms with E-state index < -0.39 is 16.2 Å². The van der Waals surface area contributed by atoms with Gasteiger partial charge in [-0.25, -0.2) is 0 Å². The van der Waals surface area contributed by atoms with Crippen LogP contribution in [0.1, 0.15) is 19.8 Å². The molecule has 1 aromatic carbocycles. The average molecular weight is 286 g/mol. The lowest BCUT2D eigenvalue weighted by Gasteiger charge is -2.09. The number of hydrogen-bond acceptors (Lipinski definition) is 4. The SMILES string of the molecule is CCCC=CC(O)COc1ccc(S(=O)(=O)O)cc1. The smallest absolute Gasteiger partial charge is 0.294 e. The Balaban J connectivity index is 2.50. The van der Waals surface area contributed by atoms with Crippen LogP contribution in [0.2, 0.25) is 0 Å². The van der Waals surface area contributed by atoms with Crippen LogP contribution in [0.15, 0.2) is 41.3 Å². The minimum Gasteiger partial charge on any atom is -0.491 e. The third-order valence-corrected chi connectivity index (χ3v) is 3.22. The van der Waals surface area contributed by atoms with Crippen LogP contribution in [0.25, 0.3) is 0 Å². The summed E-state index contributed by atoms with van der Waals surface area (Å²) in [6, 6.07) is 5.32. The number of rotatable bonds is 7. The monoisotopic (exact) mass is 286 g/mol. The highest BCUT2D eigenvalue weighted by Gasteiger charge is 2.09. The Morgan fingerprint density at radius 1 is 1.32 bits per heavy atom. The van der Waals surface area contributed by atoms with Crippen LogP contribution in [0.3, 0.4) is 0 Å². The number of hydrogen-bond donors (Lipinski definition) is 2. The van der Waals surface area contributed by atoms with Gasteiger partial charge < -0.3 is 9.84 Å². The first-order chi connectivity index (χ1) is 8.93. The molecular formula is C13H18O5S. The van der Waals surface area contributed by atoms with Crippen molar-refractivity contribution in [2.75, 3.05) is 6.61 Å². The van der Waals surface area contributed by atoms with Gasteiger partial charge >= 0.3 is 0 Å². The van der Waals surface area contributed by atoms with Crippen molar-refractivity contribution in [2.45, 2.75) is 30.8 Å². The van der Waals surface area contributed by atoms with Gasteiger partial charge in [0.2, 0.25) is 0 Å². The van der Waals surface area contributed by atoms with Gasteiger partial charge in [-0.2, -0.15) is 8.42 Å². The van der Waals surface area contributed by atoms with Gasteiger partial charge in [0.15, 0.2) is 0 Å². The minimum absolute atomic E-state index is 0.0887. The molecule has 1 rings (SSSR count). The summed E-state index contributed by atoms with van der Waals surface area (Å²) >= 11 is 0. The second-order valence-electron chi connectivity index (χ2n) is 4.04. The molecule has 0 saturated carbocycles. The van der Waals surface area contributed by atoms with E-state index in [9.17, 15) is 13.5 Å². The molecule has 0 spiro atoms. The highest BCUT2D eigenvalue weighted by atomic mass is 32.2. The van der Waals surface area contributed by atoms with Gasteiger partial charge in [0.25, 0.3) is 10.1 Å². The highest BCUT2D eigenvalue weighted by molar-refractivity contribution is 7.85. The summed E-state index contributed by atoms with van der Waals surface area (Å²) in [4.78, 5) is -0.191. The molecule has 0 aromatic heterocycles. The van der Waals surface area contributed by atoms with Crippen molar-refractivity contribution in [3.05, 3.63) is 36.4 Å². The zero-order valence-corrected chi connectivity index (χ0v) is 11.5. The molecule has 0 fully saturated rings. The Kier molecular flexibility index (Phi) is 6.01. The molecule has 0 aliphatic rings. The molecule has 1 aromatic rings. The third kappa shape index (κ3) is 5.87. The molecule has 1 unspecified atom stereocenters. The fourth-order valence-corrected chi connectivity index (χ4v) is 1.84. The Morgan fingerprint density at radius 3 is 2.47 bits per heavy atom. The molecule has 0 radical (unpaired) electrons. The number of aliphatic hydroxyl groups is 1. The lowest BCUT2D eigenvalue weighted by molar-refractivity contribution is 0.144. The number of unbranched alkanes of at least 4 members (excludes halogenated alkanes) is 1. The van der Waals surface area contributed by atoms with Crippen molar-refractivity contribution in [3.63, 3.8) is 0 Å². The second kappa shape index (κ2) is 7.28. The molecule has 0 bridgehead atoms. The highest BCUT2D eigenvalue weighted by Crippen LogP contribution is 2.15. The molecule has 0 aliphatic carbocycles. The molecule has 19 heavy (non-hydrogen) atoms. The summed E-state index contributed by atoms with van der Waals surface area (Å²) in [5.74, 6) is 0.426. The van der Waals surface area contributed by atoms with Gasteiger partial charge in [-0.15, -0.1) is 0 Å². The summed E-state index contributed by atoms with van der Waals surface area (Å²) in [6.45, 7) is 2.13. The minimum atomic E-state index is -4.18. The number of ether oxygens (including phenoxy) is 1. The fourth-order valence-electron chi connectivity index (χ4n) is 1.36. The quantitative estimate of drug-likeness (QED) is 0.592. The molecular weight excluding hydrogens is 268 g/mol. The van der Waals surface area contributed by atoms with E-state index in [-0.39, 0.29) is 11.5 Å².